The van der Waals surface area contributed by atoms with E-state index in [0.29, 0.717) is 12.0 Å². The van der Waals surface area contributed by atoms with Gasteiger partial charge < -0.3 is 4.74 Å². The second-order valence-corrected chi connectivity index (χ2v) is 4.27. The van der Waals surface area contributed by atoms with Crippen molar-refractivity contribution in [2.75, 3.05) is 0 Å². The van der Waals surface area contributed by atoms with Crippen LogP contribution in [0.4, 0.5) is 0 Å². The number of ether oxygens (including phenoxy) is 1. The summed E-state index contributed by atoms with van der Waals surface area (Å²) in [6.07, 6.45) is 6.02. The Morgan fingerprint density at radius 3 is 2.64 bits per heavy atom. The lowest BCUT2D eigenvalue weighted by Crippen LogP contribution is -2.38. The van der Waals surface area contributed by atoms with E-state index in [1.54, 1.807) is 0 Å². The standard InChI is InChI=1S/C9H12O2/c10-8-9-3-1-6(2-4-9)7(5-9)11-8/h6-7H,1-5H2. The van der Waals surface area contributed by atoms with E-state index < -0.39 is 0 Å². The average Bonchev–Trinajstić information content (AvgIpc) is 2.21. The lowest BCUT2D eigenvalue weighted by atomic mass is 9.61. The molecule has 0 amide bonds. The molecular formula is C9H12O2. The second kappa shape index (κ2) is 1.62. The first-order chi connectivity index (χ1) is 5.30. The number of hydrogen-bond acceptors (Lipinski definition) is 2. The first-order valence-electron chi connectivity index (χ1n) is 4.51. The van der Waals surface area contributed by atoms with E-state index in [-0.39, 0.29) is 11.4 Å². The highest BCUT2D eigenvalue weighted by Crippen LogP contribution is 2.56. The van der Waals surface area contributed by atoms with Crippen LogP contribution in [0.25, 0.3) is 0 Å². The Balaban J connectivity index is 2.08. The summed E-state index contributed by atoms with van der Waals surface area (Å²) in [7, 11) is 0. The van der Waals surface area contributed by atoms with Crippen LogP contribution in [-0.2, 0) is 9.53 Å². The summed E-state index contributed by atoms with van der Waals surface area (Å²) in [5.41, 5.74) is -0.000579. The Labute approximate surface area is 65.9 Å². The fourth-order valence-electron chi connectivity index (χ4n) is 3.01. The van der Waals surface area contributed by atoms with Gasteiger partial charge in [-0.2, -0.15) is 0 Å². The Hall–Kier alpha value is -0.530. The molecule has 2 heteroatoms. The molecule has 1 spiro atoms. The van der Waals surface area contributed by atoms with E-state index >= 15 is 0 Å². The van der Waals surface area contributed by atoms with Crippen molar-refractivity contribution in [1.82, 2.24) is 0 Å². The third kappa shape index (κ3) is 0.569. The Bertz CT molecular complexity index is 214. The summed E-state index contributed by atoms with van der Waals surface area (Å²) in [5.74, 6) is 0.825. The lowest BCUT2D eigenvalue weighted by molar-refractivity contribution is -0.147. The first kappa shape index (κ1) is 6.04. The van der Waals surface area contributed by atoms with Crippen molar-refractivity contribution in [1.29, 1.82) is 0 Å². The molecule has 3 aliphatic carbocycles. The third-order valence-electron chi connectivity index (χ3n) is 3.80. The largest absolute Gasteiger partial charge is 0.462 e. The Morgan fingerprint density at radius 1 is 1.36 bits per heavy atom. The number of hydrogen-bond donors (Lipinski definition) is 0. The summed E-state index contributed by atoms with van der Waals surface area (Å²) < 4.78 is 5.32. The van der Waals surface area contributed by atoms with Crippen LogP contribution in [-0.4, -0.2) is 12.1 Å². The van der Waals surface area contributed by atoms with Gasteiger partial charge in [0.1, 0.15) is 6.10 Å². The average molecular weight is 152 g/mol. The lowest BCUT2D eigenvalue weighted by Gasteiger charge is -2.39. The quantitative estimate of drug-likeness (QED) is 0.491. The van der Waals surface area contributed by atoms with Crippen LogP contribution in [0.2, 0.25) is 0 Å². The molecule has 4 aliphatic rings. The fraction of sp³-hybridized carbons (Fsp3) is 0.889. The van der Waals surface area contributed by atoms with E-state index in [1.807, 2.05) is 0 Å². The van der Waals surface area contributed by atoms with Crippen LogP contribution in [0.3, 0.4) is 0 Å². The van der Waals surface area contributed by atoms with E-state index in [2.05, 4.69) is 0 Å². The first-order valence-corrected chi connectivity index (χ1v) is 4.51. The highest BCUT2D eigenvalue weighted by Gasteiger charge is 2.58. The molecule has 1 atom stereocenters. The molecule has 0 aromatic rings. The Morgan fingerprint density at radius 2 is 2.09 bits per heavy atom. The monoisotopic (exact) mass is 152 g/mol. The summed E-state index contributed by atoms with van der Waals surface area (Å²) in [6, 6.07) is 0. The maximum Gasteiger partial charge on any atom is 0.312 e. The topological polar surface area (TPSA) is 26.3 Å². The smallest absolute Gasteiger partial charge is 0.312 e. The minimum absolute atomic E-state index is 0.000579. The zero-order valence-corrected chi connectivity index (χ0v) is 6.51. The van der Waals surface area contributed by atoms with Gasteiger partial charge in [0.2, 0.25) is 0 Å². The van der Waals surface area contributed by atoms with Gasteiger partial charge in [0.15, 0.2) is 0 Å². The van der Waals surface area contributed by atoms with Crippen LogP contribution in [0.5, 0.6) is 0 Å². The van der Waals surface area contributed by atoms with E-state index in [4.69, 9.17) is 4.74 Å². The molecule has 4 rings (SSSR count). The summed E-state index contributed by atoms with van der Waals surface area (Å²) >= 11 is 0. The van der Waals surface area contributed by atoms with Crippen LogP contribution in [0.15, 0.2) is 0 Å². The second-order valence-electron chi connectivity index (χ2n) is 4.27. The summed E-state index contributed by atoms with van der Waals surface area (Å²) in [4.78, 5) is 11.4. The van der Waals surface area contributed by atoms with Crippen molar-refractivity contribution in [2.45, 2.75) is 38.2 Å². The number of rotatable bonds is 0. The van der Waals surface area contributed by atoms with Crippen LogP contribution < -0.4 is 0 Å². The molecule has 2 nitrogen and oxygen atoms in total. The Kier molecular flexibility index (Phi) is 0.890. The van der Waals surface area contributed by atoms with Gasteiger partial charge in [-0.15, -0.1) is 0 Å². The van der Waals surface area contributed by atoms with Crippen molar-refractivity contribution in [3.63, 3.8) is 0 Å². The molecule has 0 radical (unpaired) electrons. The fourth-order valence-corrected chi connectivity index (χ4v) is 3.01. The van der Waals surface area contributed by atoms with Gasteiger partial charge in [0.05, 0.1) is 5.41 Å². The maximum atomic E-state index is 11.4. The van der Waals surface area contributed by atoms with Crippen molar-refractivity contribution < 1.29 is 9.53 Å². The molecule has 3 bridgehead atoms. The minimum Gasteiger partial charge on any atom is -0.462 e. The van der Waals surface area contributed by atoms with E-state index in [1.165, 1.54) is 12.8 Å². The highest BCUT2D eigenvalue weighted by molar-refractivity contribution is 5.80. The third-order valence-corrected chi connectivity index (χ3v) is 3.80. The van der Waals surface area contributed by atoms with Gasteiger partial charge in [-0.1, -0.05) is 0 Å². The van der Waals surface area contributed by atoms with Crippen molar-refractivity contribution >= 4 is 5.97 Å². The highest BCUT2D eigenvalue weighted by atomic mass is 16.6. The van der Waals surface area contributed by atoms with Gasteiger partial charge >= 0.3 is 5.97 Å². The predicted octanol–water partition coefficient (Wildman–Crippen LogP) is 1.49. The van der Waals surface area contributed by atoms with Gasteiger partial charge in [0, 0.05) is 6.42 Å². The molecule has 3 saturated carbocycles. The van der Waals surface area contributed by atoms with Gasteiger partial charge in [-0.25, -0.2) is 0 Å². The zero-order chi connectivity index (χ0) is 7.47. The number of esters is 1. The molecule has 1 saturated heterocycles. The molecule has 1 heterocycles. The number of carbonyl (C=O) groups excluding carboxylic acids is 1. The van der Waals surface area contributed by atoms with Crippen molar-refractivity contribution in [2.24, 2.45) is 11.3 Å². The molecule has 1 aliphatic heterocycles. The van der Waals surface area contributed by atoms with Crippen molar-refractivity contribution in [3.8, 4) is 0 Å². The van der Waals surface area contributed by atoms with Gasteiger partial charge in [0.25, 0.3) is 0 Å². The van der Waals surface area contributed by atoms with Gasteiger partial charge in [-0.3, -0.25) is 4.79 Å². The molecule has 1 unspecified atom stereocenters. The summed E-state index contributed by atoms with van der Waals surface area (Å²) in [6.45, 7) is 0. The molecule has 0 N–H and O–H groups in total. The maximum absolute atomic E-state index is 11.4. The molecule has 0 aromatic carbocycles. The van der Waals surface area contributed by atoms with E-state index in [0.717, 1.165) is 19.3 Å². The SMILES string of the molecule is O=C1OC2CC13CCC2CC3. The zero-order valence-electron chi connectivity index (χ0n) is 6.51. The minimum atomic E-state index is -0.000579. The molecule has 60 valence electrons. The summed E-state index contributed by atoms with van der Waals surface area (Å²) in [5, 5.41) is 0. The van der Waals surface area contributed by atoms with E-state index in [9.17, 15) is 4.79 Å². The molecular weight excluding hydrogens is 140 g/mol. The van der Waals surface area contributed by atoms with Crippen LogP contribution in [0.1, 0.15) is 32.1 Å². The van der Waals surface area contributed by atoms with Crippen LogP contribution in [0, 0.1) is 11.3 Å². The molecule has 0 aromatic heterocycles. The predicted molar refractivity (Wildman–Crippen MR) is 38.9 cm³/mol. The normalized spacial score (nSPS) is 52.9. The molecule has 4 fully saturated rings. The van der Waals surface area contributed by atoms with Crippen LogP contribution >= 0.6 is 0 Å². The van der Waals surface area contributed by atoms with Crippen molar-refractivity contribution in [3.05, 3.63) is 0 Å². The number of carbonyl (C=O) groups is 1. The van der Waals surface area contributed by atoms with Gasteiger partial charge in [-0.05, 0) is 31.6 Å². The molecule has 11 heavy (non-hydrogen) atoms. The number of fused-ring (bicyclic) bond motifs is 2.